The monoisotopic (exact) mass is 359 g/mol. The quantitative estimate of drug-likeness (QED) is 0.766. The first kappa shape index (κ1) is 17.6. The molecule has 0 bridgehead atoms. The summed E-state index contributed by atoms with van der Waals surface area (Å²) in [5.41, 5.74) is 1.35. The first-order chi connectivity index (χ1) is 12.1. The number of rotatable bonds is 5. The second-order valence-electron chi connectivity index (χ2n) is 6.09. The number of carbonyl (C=O) groups is 2. The predicted octanol–water partition coefficient (Wildman–Crippen LogP) is 2.40. The molecule has 1 aliphatic heterocycles. The fourth-order valence-corrected chi connectivity index (χ4v) is 3.43. The van der Waals surface area contributed by atoms with Crippen LogP contribution in [0.15, 0.2) is 41.8 Å². The number of anilines is 2. The van der Waals surface area contributed by atoms with Gasteiger partial charge in [0.05, 0.1) is 17.5 Å². The van der Waals surface area contributed by atoms with E-state index in [1.165, 1.54) is 11.3 Å². The molecule has 2 heterocycles. The summed E-state index contributed by atoms with van der Waals surface area (Å²) < 4.78 is 0. The van der Waals surface area contributed by atoms with Crippen molar-refractivity contribution >= 4 is 34.5 Å². The lowest BCUT2D eigenvalue weighted by atomic mass is 10.1. The largest absolute Gasteiger partial charge is 0.392 e. The number of aliphatic hydroxyl groups is 1. The van der Waals surface area contributed by atoms with Gasteiger partial charge in [-0.25, -0.2) is 0 Å². The molecule has 1 fully saturated rings. The summed E-state index contributed by atoms with van der Waals surface area (Å²) in [5, 5.41) is 17.2. The van der Waals surface area contributed by atoms with E-state index in [-0.39, 0.29) is 24.5 Å². The molecule has 7 heteroatoms. The van der Waals surface area contributed by atoms with Crippen LogP contribution in [0.5, 0.6) is 0 Å². The Labute approximate surface area is 150 Å². The van der Waals surface area contributed by atoms with Gasteiger partial charge in [0.2, 0.25) is 5.91 Å². The number of thiophene rings is 1. The van der Waals surface area contributed by atoms with Crippen molar-refractivity contribution < 1.29 is 14.7 Å². The summed E-state index contributed by atoms with van der Waals surface area (Å²) in [6.07, 6.45) is 1.37. The van der Waals surface area contributed by atoms with E-state index in [0.717, 1.165) is 19.4 Å². The molecule has 3 rings (SSSR count). The number of benzene rings is 1. The Morgan fingerprint density at radius 2 is 1.88 bits per heavy atom. The summed E-state index contributed by atoms with van der Waals surface area (Å²) in [4.78, 5) is 26.7. The van der Waals surface area contributed by atoms with Gasteiger partial charge in [0.25, 0.3) is 5.91 Å². The Morgan fingerprint density at radius 3 is 2.52 bits per heavy atom. The highest BCUT2D eigenvalue weighted by molar-refractivity contribution is 7.12. The van der Waals surface area contributed by atoms with Gasteiger partial charge in [-0.05, 0) is 55.1 Å². The highest BCUT2D eigenvalue weighted by Crippen LogP contribution is 2.17. The molecule has 0 saturated carbocycles. The zero-order valence-electron chi connectivity index (χ0n) is 13.8. The van der Waals surface area contributed by atoms with Crippen molar-refractivity contribution in [2.75, 3.05) is 30.3 Å². The standard InChI is InChI=1S/C18H21N3O3S/c22-15-3-1-9-21(11-15)12-17(23)19-13-5-7-14(8-6-13)20-18(24)16-4-2-10-25-16/h2,4-8,10,15,22H,1,3,9,11-12H2,(H,19,23)(H,20,24). The van der Waals surface area contributed by atoms with Crippen LogP contribution in [0.3, 0.4) is 0 Å². The second-order valence-corrected chi connectivity index (χ2v) is 7.04. The summed E-state index contributed by atoms with van der Waals surface area (Å²) in [5.74, 6) is -0.250. The van der Waals surface area contributed by atoms with Crippen molar-refractivity contribution in [2.24, 2.45) is 0 Å². The number of amides is 2. The van der Waals surface area contributed by atoms with Gasteiger partial charge in [0, 0.05) is 17.9 Å². The van der Waals surface area contributed by atoms with E-state index in [1.54, 1.807) is 30.3 Å². The highest BCUT2D eigenvalue weighted by atomic mass is 32.1. The maximum absolute atomic E-state index is 12.1. The normalized spacial score (nSPS) is 17.9. The fourth-order valence-electron chi connectivity index (χ4n) is 2.82. The van der Waals surface area contributed by atoms with Crippen LogP contribution < -0.4 is 10.6 Å². The zero-order chi connectivity index (χ0) is 17.6. The topological polar surface area (TPSA) is 81.7 Å². The van der Waals surface area contributed by atoms with Gasteiger partial charge < -0.3 is 15.7 Å². The zero-order valence-corrected chi connectivity index (χ0v) is 14.6. The fraction of sp³-hybridized carbons (Fsp3) is 0.333. The lowest BCUT2D eigenvalue weighted by molar-refractivity contribution is -0.118. The van der Waals surface area contributed by atoms with Crippen LogP contribution in [0, 0.1) is 0 Å². The Bertz CT molecular complexity index is 716. The molecule has 0 radical (unpaired) electrons. The van der Waals surface area contributed by atoms with E-state index >= 15 is 0 Å². The third-order valence-electron chi connectivity index (χ3n) is 4.02. The van der Waals surface area contributed by atoms with Crippen molar-refractivity contribution in [1.82, 2.24) is 4.90 Å². The summed E-state index contributed by atoms with van der Waals surface area (Å²) in [7, 11) is 0. The highest BCUT2D eigenvalue weighted by Gasteiger charge is 2.19. The Hall–Kier alpha value is -2.22. The lowest BCUT2D eigenvalue weighted by Gasteiger charge is -2.29. The molecule has 25 heavy (non-hydrogen) atoms. The number of hydrogen-bond donors (Lipinski definition) is 3. The number of aliphatic hydroxyl groups excluding tert-OH is 1. The third-order valence-corrected chi connectivity index (χ3v) is 4.89. The van der Waals surface area contributed by atoms with Crippen LogP contribution in [0.1, 0.15) is 22.5 Å². The molecule has 6 nitrogen and oxygen atoms in total. The summed E-state index contributed by atoms with van der Waals surface area (Å²) >= 11 is 1.39. The van der Waals surface area contributed by atoms with E-state index in [4.69, 9.17) is 0 Å². The first-order valence-electron chi connectivity index (χ1n) is 8.25. The van der Waals surface area contributed by atoms with Gasteiger partial charge in [0.1, 0.15) is 0 Å². The van der Waals surface area contributed by atoms with Crippen LogP contribution in [0.25, 0.3) is 0 Å². The van der Waals surface area contributed by atoms with E-state index in [1.807, 2.05) is 16.3 Å². The van der Waals surface area contributed by atoms with E-state index in [0.29, 0.717) is 22.8 Å². The van der Waals surface area contributed by atoms with E-state index in [9.17, 15) is 14.7 Å². The minimum Gasteiger partial charge on any atom is -0.392 e. The molecular weight excluding hydrogens is 338 g/mol. The molecule has 0 aliphatic carbocycles. The molecule has 3 N–H and O–H groups in total. The molecule has 0 spiro atoms. The number of carbonyl (C=O) groups excluding carboxylic acids is 2. The van der Waals surface area contributed by atoms with Crippen LogP contribution in [0.4, 0.5) is 11.4 Å². The number of piperidine rings is 1. The predicted molar refractivity (Wildman–Crippen MR) is 99.0 cm³/mol. The van der Waals surface area contributed by atoms with Gasteiger partial charge in [0.15, 0.2) is 0 Å². The number of likely N-dealkylation sites (tertiary alicyclic amines) is 1. The second kappa shape index (κ2) is 8.24. The molecule has 1 atom stereocenters. The van der Waals surface area contributed by atoms with Crippen molar-refractivity contribution in [2.45, 2.75) is 18.9 Å². The molecule has 1 aromatic heterocycles. The smallest absolute Gasteiger partial charge is 0.265 e. The maximum atomic E-state index is 12.1. The Morgan fingerprint density at radius 1 is 1.16 bits per heavy atom. The summed E-state index contributed by atoms with van der Waals surface area (Å²) in [6, 6.07) is 10.6. The molecule has 1 aliphatic rings. The van der Waals surface area contributed by atoms with Crippen molar-refractivity contribution in [3.63, 3.8) is 0 Å². The number of nitrogens with zero attached hydrogens (tertiary/aromatic N) is 1. The molecule has 1 aromatic carbocycles. The summed E-state index contributed by atoms with van der Waals surface area (Å²) in [6.45, 7) is 1.65. The minimum atomic E-state index is -0.340. The molecule has 1 unspecified atom stereocenters. The molecule has 1 saturated heterocycles. The number of hydrogen-bond acceptors (Lipinski definition) is 5. The molecule has 132 valence electrons. The van der Waals surface area contributed by atoms with Gasteiger partial charge in [-0.3, -0.25) is 14.5 Å². The SMILES string of the molecule is O=C(CN1CCCC(O)C1)Nc1ccc(NC(=O)c2cccs2)cc1. The average Bonchev–Trinajstić information content (AvgIpc) is 3.11. The van der Waals surface area contributed by atoms with E-state index < -0.39 is 0 Å². The molecular formula is C18H21N3O3S. The van der Waals surface area contributed by atoms with Crippen LogP contribution in [0.2, 0.25) is 0 Å². The first-order valence-corrected chi connectivity index (χ1v) is 9.13. The van der Waals surface area contributed by atoms with E-state index in [2.05, 4.69) is 10.6 Å². The van der Waals surface area contributed by atoms with Crippen molar-refractivity contribution in [3.8, 4) is 0 Å². The lowest BCUT2D eigenvalue weighted by Crippen LogP contribution is -2.42. The third kappa shape index (κ3) is 5.12. The van der Waals surface area contributed by atoms with Gasteiger partial charge in [-0.15, -0.1) is 11.3 Å². The van der Waals surface area contributed by atoms with Crippen molar-refractivity contribution in [1.29, 1.82) is 0 Å². The maximum Gasteiger partial charge on any atom is 0.265 e. The van der Waals surface area contributed by atoms with Gasteiger partial charge >= 0.3 is 0 Å². The average molecular weight is 359 g/mol. The van der Waals surface area contributed by atoms with Gasteiger partial charge in [-0.2, -0.15) is 0 Å². The van der Waals surface area contributed by atoms with Gasteiger partial charge in [-0.1, -0.05) is 6.07 Å². The molecule has 2 amide bonds. The Balaban J connectivity index is 1.50. The number of β-amino-alcohol motifs (C(OH)–C–C–N with tert-alkyl or cyclic N) is 1. The van der Waals surface area contributed by atoms with Crippen molar-refractivity contribution in [3.05, 3.63) is 46.7 Å². The Kier molecular flexibility index (Phi) is 5.80. The molecule has 2 aromatic rings. The minimum absolute atomic E-state index is 0.107. The van der Waals surface area contributed by atoms with Crippen LogP contribution >= 0.6 is 11.3 Å². The van der Waals surface area contributed by atoms with Crippen LogP contribution in [-0.2, 0) is 4.79 Å². The van der Waals surface area contributed by atoms with Crippen LogP contribution in [-0.4, -0.2) is 47.6 Å². The number of nitrogens with one attached hydrogen (secondary N) is 2.